The van der Waals surface area contributed by atoms with E-state index < -0.39 is 11.6 Å². The van der Waals surface area contributed by atoms with Gasteiger partial charge in [0.15, 0.2) is 0 Å². The molecule has 0 spiro atoms. The topological polar surface area (TPSA) is 21.3 Å². The van der Waals surface area contributed by atoms with Gasteiger partial charge in [0.2, 0.25) is 0 Å². The molecule has 2 nitrogen and oxygen atoms in total. The summed E-state index contributed by atoms with van der Waals surface area (Å²) >= 11 is 3.10. The molecule has 0 bridgehead atoms. The number of ether oxygens (including phenoxy) is 1. The predicted octanol–water partition coefficient (Wildman–Crippen LogP) is 4.55. The lowest BCUT2D eigenvalue weighted by atomic mass is 9.86. The molecule has 1 aromatic carbocycles. The fourth-order valence-corrected chi connectivity index (χ4v) is 3.29. The predicted molar refractivity (Wildman–Crippen MR) is 83.2 cm³/mol. The molecular weight excluding hydrogens is 340 g/mol. The Hall–Kier alpha value is -0.520. The van der Waals surface area contributed by atoms with Crippen molar-refractivity contribution in [3.05, 3.63) is 33.8 Å². The first-order valence-corrected chi connectivity index (χ1v) is 8.30. The molecule has 0 aliphatic carbocycles. The van der Waals surface area contributed by atoms with Crippen LogP contribution in [0.1, 0.15) is 45.1 Å². The molecule has 1 aliphatic rings. The van der Waals surface area contributed by atoms with Gasteiger partial charge in [-0.1, -0.05) is 13.8 Å². The van der Waals surface area contributed by atoms with Crippen molar-refractivity contribution in [3.8, 4) is 0 Å². The molecule has 1 aromatic rings. The fourth-order valence-electron chi connectivity index (χ4n) is 2.92. The molecule has 0 radical (unpaired) electrons. The maximum Gasteiger partial charge on any atom is 0.144 e. The summed E-state index contributed by atoms with van der Waals surface area (Å²) in [5, 5.41) is 3.29. The van der Waals surface area contributed by atoms with Gasteiger partial charge in [-0.05, 0) is 53.7 Å². The summed E-state index contributed by atoms with van der Waals surface area (Å²) in [5.41, 5.74) is -0.000883. The van der Waals surface area contributed by atoms with Crippen LogP contribution in [0.5, 0.6) is 0 Å². The molecule has 1 N–H and O–H groups in total. The van der Waals surface area contributed by atoms with Crippen LogP contribution in [0, 0.1) is 11.6 Å². The summed E-state index contributed by atoms with van der Waals surface area (Å²) in [4.78, 5) is 0. The molecule has 1 aliphatic heterocycles. The molecular formula is C16H22BrF2NO. The van der Waals surface area contributed by atoms with E-state index in [1.807, 2.05) is 0 Å². The zero-order chi connectivity index (χ0) is 15.5. The molecule has 21 heavy (non-hydrogen) atoms. The summed E-state index contributed by atoms with van der Waals surface area (Å²) in [7, 11) is 0. The smallest absolute Gasteiger partial charge is 0.144 e. The van der Waals surface area contributed by atoms with E-state index in [4.69, 9.17) is 4.74 Å². The minimum absolute atomic E-state index is 0.0921. The third kappa shape index (κ3) is 3.82. The van der Waals surface area contributed by atoms with Crippen LogP contribution in [-0.2, 0) is 11.3 Å². The lowest BCUT2D eigenvalue weighted by Gasteiger charge is -2.40. The van der Waals surface area contributed by atoms with Gasteiger partial charge in [0.1, 0.15) is 11.6 Å². The Morgan fingerprint density at radius 2 is 2.05 bits per heavy atom. The largest absolute Gasteiger partial charge is 0.375 e. The summed E-state index contributed by atoms with van der Waals surface area (Å²) in [6.07, 6.45) is 3.68. The van der Waals surface area contributed by atoms with Gasteiger partial charge >= 0.3 is 0 Å². The third-order valence-electron chi connectivity index (χ3n) is 4.49. The van der Waals surface area contributed by atoms with E-state index in [1.54, 1.807) is 0 Å². The second kappa shape index (κ2) is 7.16. The normalized spacial score (nSPS) is 21.5. The summed E-state index contributed by atoms with van der Waals surface area (Å²) in [6.45, 7) is 5.15. The second-order valence-corrected chi connectivity index (χ2v) is 6.49. The van der Waals surface area contributed by atoms with Gasteiger partial charge in [-0.25, -0.2) is 8.78 Å². The van der Waals surface area contributed by atoms with Crippen LogP contribution in [0.4, 0.5) is 8.78 Å². The number of benzene rings is 1. The van der Waals surface area contributed by atoms with Gasteiger partial charge in [0.25, 0.3) is 0 Å². The Labute approximate surface area is 133 Å². The Kier molecular flexibility index (Phi) is 5.74. The van der Waals surface area contributed by atoms with Crippen LogP contribution in [0.3, 0.4) is 0 Å². The third-order valence-corrected chi connectivity index (χ3v) is 5.10. The number of nitrogens with one attached hydrogen (secondary N) is 1. The Morgan fingerprint density at radius 1 is 1.33 bits per heavy atom. The van der Waals surface area contributed by atoms with Crippen LogP contribution in [0.25, 0.3) is 0 Å². The van der Waals surface area contributed by atoms with E-state index in [2.05, 4.69) is 35.1 Å². The van der Waals surface area contributed by atoms with Gasteiger partial charge in [0, 0.05) is 24.8 Å². The second-order valence-electron chi connectivity index (χ2n) is 5.63. The first-order chi connectivity index (χ1) is 10.0. The van der Waals surface area contributed by atoms with Crippen molar-refractivity contribution in [2.24, 2.45) is 0 Å². The number of hydrogen-bond acceptors (Lipinski definition) is 2. The highest BCUT2D eigenvalue weighted by atomic mass is 79.9. The quantitative estimate of drug-likeness (QED) is 0.776. The zero-order valence-corrected chi connectivity index (χ0v) is 14.1. The minimum atomic E-state index is -0.521. The maximum atomic E-state index is 13.9. The van der Waals surface area contributed by atoms with Gasteiger partial charge in [-0.15, -0.1) is 0 Å². The average molecular weight is 362 g/mol. The molecule has 118 valence electrons. The Bertz CT molecular complexity index is 491. The molecule has 1 heterocycles. The SMILES string of the molecule is CCC1(CC)CC(NCc2c(F)ccc(Br)c2F)CCO1. The van der Waals surface area contributed by atoms with E-state index in [0.717, 1.165) is 25.7 Å². The lowest BCUT2D eigenvalue weighted by Crippen LogP contribution is -2.46. The Morgan fingerprint density at radius 3 is 2.71 bits per heavy atom. The van der Waals surface area contributed by atoms with Crippen molar-refractivity contribution in [3.63, 3.8) is 0 Å². The molecule has 0 saturated carbocycles. The first-order valence-electron chi connectivity index (χ1n) is 7.51. The summed E-state index contributed by atoms with van der Waals surface area (Å²) in [5.74, 6) is -1.03. The first kappa shape index (κ1) is 16.8. The van der Waals surface area contributed by atoms with E-state index in [9.17, 15) is 8.78 Å². The van der Waals surface area contributed by atoms with Crippen LogP contribution < -0.4 is 5.32 Å². The number of rotatable bonds is 5. The van der Waals surface area contributed by atoms with Gasteiger partial charge in [0.05, 0.1) is 10.1 Å². The lowest BCUT2D eigenvalue weighted by molar-refractivity contribution is -0.0932. The highest BCUT2D eigenvalue weighted by Crippen LogP contribution is 2.31. The molecule has 0 amide bonds. The van der Waals surface area contributed by atoms with Gasteiger partial charge in [-0.3, -0.25) is 0 Å². The maximum absolute atomic E-state index is 13.9. The van der Waals surface area contributed by atoms with E-state index >= 15 is 0 Å². The van der Waals surface area contributed by atoms with Crippen LogP contribution in [0.15, 0.2) is 16.6 Å². The molecule has 2 rings (SSSR count). The highest BCUT2D eigenvalue weighted by Gasteiger charge is 2.34. The van der Waals surface area contributed by atoms with Crippen LogP contribution >= 0.6 is 15.9 Å². The van der Waals surface area contributed by atoms with Crippen LogP contribution in [0.2, 0.25) is 0 Å². The average Bonchev–Trinajstić information content (AvgIpc) is 2.51. The van der Waals surface area contributed by atoms with Gasteiger partial charge in [-0.2, -0.15) is 0 Å². The zero-order valence-electron chi connectivity index (χ0n) is 12.5. The molecule has 5 heteroatoms. The van der Waals surface area contributed by atoms with Crippen LogP contribution in [-0.4, -0.2) is 18.2 Å². The van der Waals surface area contributed by atoms with E-state index in [1.165, 1.54) is 12.1 Å². The van der Waals surface area contributed by atoms with Crippen molar-refractivity contribution in [2.45, 2.75) is 57.7 Å². The van der Waals surface area contributed by atoms with Crippen molar-refractivity contribution in [2.75, 3.05) is 6.61 Å². The molecule has 1 fully saturated rings. The Balaban J connectivity index is 2.02. The molecule has 1 saturated heterocycles. The highest BCUT2D eigenvalue weighted by molar-refractivity contribution is 9.10. The summed E-state index contributed by atoms with van der Waals surface area (Å²) in [6, 6.07) is 2.91. The number of hydrogen-bond donors (Lipinski definition) is 1. The molecule has 1 atom stereocenters. The van der Waals surface area contributed by atoms with E-state index in [-0.39, 0.29) is 23.8 Å². The summed E-state index contributed by atoms with van der Waals surface area (Å²) < 4.78 is 33.9. The van der Waals surface area contributed by atoms with Crippen molar-refractivity contribution < 1.29 is 13.5 Å². The van der Waals surface area contributed by atoms with E-state index in [0.29, 0.717) is 11.1 Å². The van der Waals surface area contributed by atoms with Crippen molar-refractivity contribution in [1.82, 2.24) is 5.32 Å². The molecule has 0 aromatic heterocycles. The monoisotopic (exact) mass is 361 g/mol. The van der Waals surface area contributed by atoms with Crippen molar-refractivity contribution in [1.29, 1.82) is 0 Å². The molecule has 1 unspecified atom stereocenters. The standard InChI is InChI=1S/C16H22BrF2NO/c1-3-16(4-2)9-11(7-8-21-16)20-10-12-14(18)6-5-13(17)15(12)19/h5-6,11,20H,3-4,7-10H2,1-2H3. The van der Waals surface area contributed by atoms with Gasteiger partial charge < -0.3 is 10.1 Å². The fraction of sp³-hybridized carbons (Fsp3) is 0.625. The number of halogens is 3. The minimum Gasteiger partial charge on any atom is -0.375 e. The van der Waals surface area contributed by atoms with Crippen molar-refractivity contribution >= 4 is 15.9 Å².